The average Bonchev–Trinajstić information content (AvgIpc) is 2.54. The lowest BCUT2D eigenvalue weighted by molar-refractivity contribution is -0.155. The zero-order valence-electron chi connectivity index (χ0n) is 16.5. The molecule has 0 N–H and O–H groups in total. The largest absolute Gasteiger partial charge is 0.466 e. The number of rotatable bonds is 2. The van der Waals surface area contributed by atoms with Gasteiger partial charge in [-0.15, -0.1) is 0 Å². The molecule has 3 aliphatic rings. The van der Waals surface area contributed by atoms with E-state index in [1.807, 2.05) is 0 Å². The van der Waals surface area contributed by atoms with E-state index in [9.17, 15) is 14.4 Å². The van der Waals surface area contributed by atoms with Crippen molar-refractivity contribution in [3.05, 3.63) is 11.1 Å². The van der Waals surface area contributed by atoms with Gasteiger partial charge in [0.2, 0.25) is 0 Å². The van der Waals surface area contributed by atoms with Crippen LogP contribution in [0.15, 0.2) is 11.1 Å². The van der Waals surface area contributed by atoms with E-state index in [1.54, 1.807) is 0 Å². The van der Waals surface area contributed by atoms with Crippen LogP contribution >= 0.6 is 0 Å². The van der Waals surface area contributed by atoms with Gasteiger partial charge in [0.25, 0.3) is 0 Å². The van der Waals surface area contributed by atoms with Gasteiger partial charge in [0.05, 0.1) is 7.11 Å². The lowest BCUT2D eigenvalue weighted by Gasteiger charge is -2.60. The van der Waals surface area contributed by atoms with Gasteiger partial charge in [0.1, 0.15) is 11.9 Å². The molecule has 5 heteroatoms. The number of esters is 2. The smallest absolute Gasteiger partial charge is 0.334 e. The molecular weight excluding hydrogens is 332 g/mol. The molecule has 2 saturated carbocycles. The van der Waals surface area contributed by atoms with Crippen LogP contribution in [-0.2, 0) is 23.9 Å². The van der Waals surface area contributed by atoms with Gasteiger partial charge in [0.15, 0.2) is 0 Å². The minimum absolute atomic E-state index is 0.0551. The van der Waals surface area contributed by atoms with Gasteiger partial charge < -0.3 is 9.47 Å². The van der Waals surface area contributed by atoms with Gasteiger partial charge in [-0.2, -0.15) is 0 Å². The van der Waals surface area contributed by atoms with Gasteiger partial charge in [-0.3, -0.25) is 9.59 Å². The second-order valence-corrected chi connectivity index (χ2v) is 9.13. The van der Waals surface area contributed by atoms with Gasteiger partial charge in [-0.25, -0.2) is 4.79 Å². The van der Waals surface area contributed by atoms with Crippen molar-refractivity contribution in [3.63, 3.8) is 0 Å². The minimum Gasteiger partial charge on any atom is -0.466 e. The Labute approximate surface area is 155 Å². The predicted octanol–water partition coefficient (Wildman–Crippen LogP) is 3.60. The van der Waals surface area contributed by atoms with E-state index in [0.29, 0.717) is 24.3 Å². The first-order chi connectivity index (χ1) is 12.1. The monoisotopic (exact) mass is 362 g/mol. The molecular formula is C21H30O5. The highest BCUT2D eigenvalue weighted by atomic mass is 16.5. The number of Topliss-reactive ketones (excluding diaryl/α,β-unsaturated/α-hetero) is 1. The maximum Gasteiger partial charge on any atom is 0.334 e. The Hall–Kier alpha value is -1.65. The molecule has 0 saturated heterocycles. The van der Waals surface area contributed by atoms with Crippen LogP contribution in [0.4, 0.5) is 0 Å². The number of hydrogen-bond acceptors (Lipinski definition) is 5. The summed E-state index contributed by atoms with van der Waals surface area (Å²) in [6, 6.07) is 0. The summed E-state index contributed by atoms with van der Waals surface area (Å²) in [5.41, 5.74) is 1.32. The molecule has 5 nitrogen and oxygen atoms in total. The fourth-order valence-electron chi connectivity index (χ4n) is 6.06. The van der Waals surface area contributed by atoms with Crippen LogP contribution in [0, 0.1) is 22.7 Å². The van der Waals surface area contributed by atoms with Gasteiger partial charge in [-0.05, 0) is 47.5 Å². The van der Waals surface area contributed by atoms with Crippen LogP contribution in [0.5, 0.6) is 0 Å². The molecule has 0 amide bonds. The van der Waals surface area contributed by atoms with Gasteiger partial charge >= 0.3 is 11.9 Å². The molecule has 3 aliphatic carbocycles. The lowest BCUT2D eigenvalue weighted by Crippen LogP contribution is -2.55. The van der Waals surface area contributed by atoms with E-state index in [2.05, 4.69) is 20.8 Å². The highest BCUT2D eigenvalue weighted by Crippen LogP contribution is 2.63. The molecule has 0 aromatic heterocycles. The van der Waals surface area contributed by atoms with Gasteiger partial charge in [0, 0.05) is 25.3 Å². The predicted molar refractivity (Wildman–Crippen MR) is 96.2 cm³/mol. The lowest BCUT2D eigenvalue weighted by atomic mass is 9.45. The zero-order valence-corrected chi connectivity index (χ0v) is 16.5. The van der Waals surface area contributed by atoms with Crippen molar-refractivity contribution in [3.8, 4) is 0 Å². The van der Waals surface area contributed by atoms with E-state index in [1.165, 1.54) is 14.0 Å². The van der Waals surface area contributed by atoms with E-state index in [4.69, 9.17) is 9.47 Å². The normalized spacial score (nSPS) is 36.0. The molecule has 0 aromatic rings. The standard InChI is InChI=1S/C21H30O5/c1-12(22)26-16-11-17-20(2,3)7-6-8-21(17,4)15-10-13(23)9-14(18(15)16)19(24)25-5/h15-17H,6-11H2,1-5H3/t15-,16-,17-,21+/m0/s1. The quantitative estimate of drug-likeness (QED) is 0.702. The summed E-state index contributed by atoms with van der Waals surface area (Å²) in [6.07, 6.45) is 4.06. The number of ketones is 1. The molecule has 0 heterocycles. The summed E-state index contributed by atoms with van der Waals surface area (Å²) in [5, 5.41) is 0. The van der Waals surface area contributed by atoms with Gasteiger partial charge in [-0.1, -0.05) is 27.2 Å². The maximum atomic E-state index is 12.5. The SMILES string of the molecule is COC(=O)C1=C2[C@@H](OC(C)=O)C[C@H]3C(C)(C)CCC[C@]3(C)[C@H]2CC(=O)C1. The van der Waals surface area contributed by atoms with Crippen molar-refractivity contribution in [2.75, 3.05) is 7.11 Å². The summed E-state index contributed by atoms with van der Waals surface area (Å²) in [7, 11) is 1.34. The van der Waals surface area contributed by atoms with E-state index >= 15 is 0 Å². The van der Waals surface area contributed by atoms with Crippen LogP contribution in [0.2, 0.25) is 0 Å². The minimum atomic E-state index is -0.465. The molecule has 0 aromatic carbocycles. The molecule has 0 spiro atoms. The van der Waals surface area contributed by atoms with E-state index in [0.717, 1.165) is 24.8 Å². The first-order valence-corrected chi connectivity index (χ1v) is 9.60. The molecule has 0 bridgehead atoms. The van der Waals surface area contributed by atoms with Crippen molar-refractivity contribution >= 4 is 17.7 Å². The Morgan fingerprint density at radius 2 is 1.85 bits per heavy atom. The fraction of sp³-hybridized carbons (Fsp3) is 0.762. The topological polar surface area (TPSA) is 69.7 Å². The number of fused-ring (bicyclic) bond motifs is 3. The van der Waals surface area contributed by atoms with Crippen molar-refractivity contribution in [2.24, 2.45) is 22.7 Å². The van der Waals surface area contributed by atoms with Crippen LogP contribution in [0.3, 0.4) is 0 Å². The Balaban J connectivity index is 2.16. The molecule has 3 rings (SSSR count). The summed E-state index contributed by atoms with van der Waals surface area (Å²) in [4.78, 5) is 36.7. The number of carbonyl (C=O) groups is 3. The molecule has 4 atom stereocenters. The van der Waals surface area contributed by atoms with Crippen molar-refractivity contribution < 1.29 is 23.9 Å². The summed E-state index contributed by atoms with van der Waals surface area (Å²) >= 11 is 0. The highest BCUT2D eigenvalue weighted by molar-refractivity contribution is 5.98. The second kappa shape index (κ2) is 6.50. The maximum absolute atomic E-state index is 12.5. The fourth-order valence-corrected chi connectivity index (χ4v) is 6.06. The molecule has 144 valence electrons. The third-order valence-corrected chi connectivity index (χ3v) is 7.14. The number of methoxy groups -OCH3 is 1. The number of ether oxygens (including phenoxy) is 2. The number of carbonyl (C=O) groups excluding carboxylic acids is 3. The van der Waals surface area contributed by atoms with Crippen LogP contribution in [0.25, 0.3) is 0 Å². The first-order valence-electron chi connectivity index (χ1n) is 9.60. The van der Waals surface area contributed by atoms with Crippen LogP contribution in [0.1, 0.15) is 66.2 Å². The molecule has 2 fully saturated rings. The van der Waals surface area contributed by atoms with E-state index < -0.39 is 12.1 Å². The Bertz CT molecular complexity index is 674. The van der Waals surface area contributed by atoms with E-state index in [-0.39, 0.29) is 34.9 Å². The molecule has 0 radical (unpaired) electrons. The molecule has 0 unspecified atom stereocenters. The third kappa shape index (κ3) is 2.99. The van der Waals surface area contributed by atoms with Crippen molar-refractivity contribution in [1.82, 2.24) is 0 Å². The molecule has 0 aliphatic heterocycles. The second-order valence-electron chi connectivity index (χ2n) is 9.13. The Morgan fingerprint density at radius 3 is 2.46 bits per heavy atom. The Morgan fingerprint density at radius 1 is 1.15 bits per heavy atom. The van der Waals surface area contributed by atoms with Crippen LogP contribution < -0.4 is 0 Å². The number of hydrogen-bond donors (Lipinski definition) is 0. The average molecular weight is 362 g/mol. The summed E-state index contributed by atoms with van der Waals surface area (Å²) in [5.74, 6) is -0.454. The zero-order chi connectivity index (χ0) is 19.3. The van der Waals surface area contributed by atoms with Crippen molar-refractivity contribution in [2.45, 2.75) is 72.3 Å². The Kier molecular flexibility index (Phi) is 4.78. The van der Waals surface area contributed by atoms with Crippen LogP contribution in [-0.4, -0.2) is 30.9 Å². The highest BCUT2D eigenvalue weighted by Gasteiger charge is 2.58. The third-order valence-electron chi connectivity index (χ3n) is 7.14. The van der Waals surface area contributed by atoms with Crippen molar-refractivity contribution in [1.29, 1.82) is 0 Å². The summed E-state index contributed by atoms with van der Waals surface area (Å²) in [6.45, 7) is 8.23. The summed E-state index contributed by atoms with van der Waals surface area (Å²) < 4.78 is 10.7. The molecule has 26 heavy (non-hydrogen) atoms. The first kappa shape index (κ1) is 19.1.